The molecule has 2 fully saturated rings. The van der Waals surface area contributed by atoms with Crippen LogP contribution in [-0.2, 0) is 4.74 Å². The Balaban J connectivity index is 0.00000225. The van der Waals surface area contributed by atoms with Crippen molar-refractivity contribution in [2.75, 3.05) is 37.7 Å². The predicted molar refractivity (Wildman–Crippen MR) is 118 cm³/mol. The van der Waals surface area contributed by atoms with E-state index in [0.29, 0.717) is 12.1 Å². The number of thiophene rings is 1. The highest BCUT2D eigenvalue weighted by atomic mass is 127. The van der Waals surface area contributed by atoms with Crippen molar-refractivity contribution in [3.8, 4) is 0 Å². The van der Waals surface area contributed by atoms with Gasteiger partial charge in [0.25, 0.3) is 0 Å². The van der Waals surface area contributed by atoms with Crippen molar-refractivity contribution >= 4 is 46.3 Å². The van der Waals surface area contributed by atoms with E-state index in [9.17, 15) is 0 Å². The zero-order valence-corrected chi connectivity index (χ0v) is 18.2. The van der Waals surface area contributed by atoms with E-state index in [1.54, 1.807) is 0 Å². The predicted octanol–water partition coefficient (Wildman–Crippen LogP) is 3.46. The standard InChI is InChI=1S/C18H30N4OS.HI/c1-2-19-18(20-10-7-16-5-3-13-23-16)21-15-8-11-22(12-9-15)17-6-4-14-24-17;/h4,6,14-16H,2-3,5,7-13H2,1H3,(H2,19,20,21);1H. The Kier molecular flexibility index (Phi) is 9.33. The minimum atomic E-state index is 0. The van der Waals surface area contributed by atoms with Crippen molar-refractivity contribution in [1.29, 1.82) is 0 Å². The normalized spacial score (nSPS) is 21.9. The Hall–Kier alpha value is -0.540. The van der Waals surface area contributed by atoms with Gasteiger partial charge in [-0.2, -0.15) is 0 Å². The van der Waals surface area contributed by atoms with Crippen molar-refractivity contribution in [2.24, 2.45) is 4.99 Å². The zero-order valence-electron chi connectivity index (χ0n) is 15.1. The summed E-state index contributed by atoms with van der Waals surface area (Å²) in [4.78, 5) is 7.23. The first-order valence-electron chi connectivity index (χ1n) is 9.30. The third kappa shape index (κ3) is 6.60. The molecule has 0 aromatic carbocycles. The fourth-order valence-electron chi connectivity index (χ4n) is 3.40. The highest BCUT2D eigenvalue weighted by Crippen LogP contribution is 2.24. The van der Waals surface area contributed by atoms with Gasteiger partial charge in [0.1, 0.15) is 0 Å². The third-order valence-electron chi connectivity index (χ3n) is 4.74. The van der Waals surface area contributed by atoms with Crippen molar-refractivity contribution in [1.82, 2.24) is 10.6 Å². The Morgan fingerprint density at radius 3 is 2.84 bits per heavy atom. The summed E-state index contributed by atoms with van der Waals surface area (Å²) in [5.41, 5.74) is 0. The van der Waals surface area contributed by atoms with Gasteiger partial charge in [-0.1, -0.05) is 0 Å². The summed E-state index contributed by atoms with van der Waals surface area (Å²) in [5.74, 6) is 0.963. The molecule has 0 spiro atoms. The van der Waals surface area contributed by atoms with Gasteiger partial charge in [-0.05, 0) is 56.5 Å². The molecule has 0 aliphatic carbocycles. The van der Waals surface area contributed by atoms with Crippen LogP contribution < -0.4 is 15.5 Å². The number of halogens is 1. The lowest BCUT2D eigenvalue weighted by atomic mass is 10.1. The van der Waals surface area contributed by atoms with E-state index in [0.717, 1.165) is 58.0 Å². The van der Waals surface area contributed by atoms with Crippen LogP contribution in [0.25, 0.3) is 0 Å². The molecule has 0 radical (unpaired) electrons. The van der Waals surface area contributed by atoms with Gasteiger partial charge in [-0.25, -0.2) is 0 Å². The molecule has 1 unspecified atom stereocenters. The second kappa shape index (κ2) is 11.2. The van der Waals surface area contributed by atoms with Gasteiger partial charge >= 0.3 is 0 Å². The van der Waals surface area contributed by atoms with Gasteiger partial charge in [0, 0.05) is 38.8 Å². The molecule has 0 amide bonds. The van der Waals surface area contributed by atoms with E-state index in [-0.39, 0.29) is 24.0 Å². The Morgan fingerprint density at radius 1 is 1.36 bits per heavy atom. The molecule has 142 valence electrons. The summed E-state index contributed by atoms with van der Waals surface area (Å²) >= 11 is 1.83. The number of hydrogen-bond donors (Lipinski definition) is 2. The first-order chi connectivity index (χ1) is 11.8. The Morgan fingerprint density at radius 2 is 2.20 bits per heavy atom. The number of aliphatic imine (C=N–C) groups is 1. The average Bonchev–Trinajstić information content (AvgIpc) is 3.29. The minimum absolute atomic E-state index is 0. The fourth-order valence-corrected chi connectivity index (χ4v) is 4.19. The molecule has 2 saturated heterocycles. The number of anilines is 1. The number of nitrogens with zero attached hydrogens (tertiary/aromatic N) is 2. The molecule has 7 heteroatoms. The molecule has 0 saturated carbocycles. The number of nitrogens with one attached hydrogen (secondary N) is 2. The molecule has 3 rings (SSSR count). The number of guanidine groups is 1. The van der Waals surface area contributed by atoms with Crippen LogP contribution in [-0.4, -0.2) is 50.9 Å². The fraction of sp³-hybridized carbons (Fsp3) is 0.722. The number of ether oxygens (including phenoxy) is 1. The van der Waals surface area contributed by atoms with Crippen molar-refractivity contribution in [3.05, 3.63) is 17.5 Å². The molecule has 1 aromatic heterocycles. The summed E-state index contributed by atoms with van der Waals surface area (Å²) in [6.07, 6.45) is 6.18. The topological polar surface area (TPSA) is 48.9 Å². The van der Waals surface area contributed by atoms with E-state index in [4.69, 9.17) is 9.73 Å². The maximum absolute atomic E-state index is 5.68. The highest BCUT2D eigenvalue weighted by molar-refractivity contribution is 14.0. The average molecular weight is 478 g/mol. The summed E-state index contributed by atoms with van der Waals surface area (Å²) < 4.78 is 5.68. The monoisotopic (exact) mass is 478 g/mol. The first-order valence-corrected chi connectivity index (χ1v) is 10.2. The van der Waals surface area contributed by atoms with Crippen LogP contribution in [0.3, 0.4) is 0 Å². The van der Waals surface area contributed by atoms with E-state index >= 15 is 0 Å². The van der Waals surface area contributed by atoms with Gasteiger partial charge in [-0.15, -0.1) is 35.3 Å². The summed E-state index contributed by atoms with van der Waals surface area (Å²) in [6, 6.07) is 4.87. The minimum Gasteiger partial charge on any atom is -0.378 e. The number of piperidine rings is 1. The van der Waals surface area contributed by atoms with Crippen LogP contribution in [0.1, 0.15) is 39.0 Å². The molecule has 1 atom stereocenters. The van der Waals surface area contributed by atoms with Gasteiger partial charge in [-0.3, -0.25) is 4.99 Å². The van der Waals surface area contributed by atoms with Crippen LogP contribution in [0.5, 0.6) is 0 Å². The Bertz CT molecular complexity index is 497. The largest absolute Gasteiger partial charge is 0.378 e. The van der Waals surface area contributed by atoms with Crippen molar-refractivity contribution in [2.45, 2.75) is 51.2 Å². The van der Waals surface area contributed by atoms with E-state index in [1.807, 2.05) is 11.3 Å². The second-order valence-electron chi connectivity index (χ2n) is 6.54. The highest BCUT2D eigenvalue weighted by Gasteiger charge is 2.21. The maximum Gasteiger partial charge on any atom is 0.191 e. The van der Waals surface area contributed by atoms with Crippen LogP contribution in [0, 0.1) is 0 Å². The number of hydrogen-bond acceptors (Lipinski definition) is 4. The zero-order chi connectivity index (χ0) is 16.6. The van der Waals surface area contributed by atoms with Gasteiger partial charge in [0.15, 0.2) is 5.96 Å². The van der Waals surface area contributed by atoms with Crippen molar-refractivity contribution in [3.63, 3.8) is 0 Å². The molecular formula is C18H31IN4OS. The van der Waals surface area contributed by atoms with Crippen LogP contribution in [0.4, 0.5) is 5.00 Å². The lowest BCUT2D eigenvalue weighted by molar-refractivity contribution is 0.106. The summed E-state index contributed by atoms with van der Waals surface area (Å²) in [5, 5.41) is 10.6. The van der Waals surface area contributed by atoms with Gasteiger partial charge in [0.05, 0.1) is 11.1 Å². The van der Waals surface area contributed by atoms with Crippen LogP contribution in [0.2, 0.25) is 0 Å². The molecule has 0 bridgehead atoms. The van der Waals surface area contributed by atoms with Gasteiger partial charge < -0.3 is 20.3 Å². The summed E-state index contributed by atoms with van der Waals surface area (Å²) in [6.45, 7) is 7.03. The molecule has 2 aliphatic rings. The molecular weight excluding hydrogens is 447 g/mol. The second-order valence-corrected chi connectivity index (χ2v) is 7.47. The smallest absolute Gasteiger partial charge is 0.191 e. The van der Waals surface area contributed by atoms with E-state index < -0.39 is 0 Å². The SMILES string of the molecule is CCNC(=NCCC1CCCO1)NC1CCN(c2cccs2)CC1.I. The molecule has 3 heterocycles. The quantitative estimate of drug-likeness (QED) is 0.374. The maximum atomic E-state index is 5.68. The molecule has 2 aliphatic heterocycles. The lowest BCUT2D eigenvalue weighted by Gasteiger charge is -2.33. The molecule has 2 N–H and O–H groups in total. The lowest BCUT2D eigenvalue weighted by Crippen LogP contribution is -2.48. The first kappa shape index (κ1) is 20.8. The third-order valence-corrected chi connectivity index (χ3v) is 5.67. The molecule has 1 aromatic rings. The van der Waals surface area contributed by atoms with E-state index in [2.05, 4.69) is 40.0 Å². The van der Waals surface area contributed by atoms with E-state index in [1.165, 1.54) is 17.8 Å². The van der Waals surface area contributed by atoms with Crippen LogP contribution >= 0.6 is 35.3 Å². The summed E-state index contributed by atoms with van der Waals surface area (Å²) in [7, 11) is 0. The van der Waals surface area contributed by atoms with Crippen molar-refractivity contribution < 1.29 is 4.74 Å². The molecule has 5 nitrogen and oxygen atoms in total. The number of rotatable bonds is 6. The Labute approximate surface area is 172 Å². The molecule has 25 heavy (non-hydrogen) atoms. The van der Waals surface area contributed by atoms with Crippen LogP contribution in [0.15, 0.2) is 22.5 Å². The van der Waals surface area contributed by atoms with Gasteiger partial charge in [0.2, 0.25) is 0 Å².